The van der Waals surface area contributed by atoms with Gasteiger partial charge in [0.2, 0.25) is 9.84 Å². The van der Waals surface area contributed by atoms with Gasteiger partial charge < -0.3 is 4.74 Å². The van der Waals surface area contributed by atoms with Crippen molar-refractivity contribution in [2.75, 3.05) is 7.11 Å². The Morgan fingerprint density at radius 2 is 1.62 bits per heavy atom. The molecule has 16 heavy (non-hydrogen) atoms. The summed E-state index contributed by atoms with van der Waals surface area (Å²) in [4.78, 5) is 0.337. The minimum atomic E-state index is -3.37. The summed E-state index contributed by atoms with van der Waals surface area (Å²) in [7, 11) is -3.82. The van der Waals surface area contributed by atoms with E-state index in [9.17, 15) is 8.42 Å². The van der Waals surface area contributed by atoms with Crippen LogP contribution >= 0.6 is 0 Å². The van der Waals surface area contributed by atoms with Crippen molar-refractivity contribution in [2.24, 2.45) is 0 Å². The van der Waals surface area contributed by atoms with E-state index in [1.807, 2.05) is 19.6 Å². The number of sulfone groups is 1. The van der Waals surface area contributed by atoms with Crippen molar-refractivity contribution in [2.45, 2.75) is 29.6 Å². The Balaban J connectivity index is 3.21. The minimum Gasteiger partial charge on any atom is -0.369 e. The molecule has 5 heteroatoms. The number of rotatable bonds is 4. The predicted octanol–water partition coefficient (Wildman–Crippen LogP) is 2.31. The Morgan fingerprint density at radius 3 is 2.00 bits per heavy atom. The molecule has 0 aromatic heterocycles. The van der Waals surface area contributed by atoms with Crippen LogP contribution in [-0.4, -0.2) is 28.7 Å². The maximum absolute atomic E-state index is 12.3. The highest BCUT2D eigenvalue weighted by molar-refractivity contribution is 7.93. The van der Waals surface area contributed by atoms with Crippen LogP contribution in [0.1, 0.15) is 0 Å². The first-order valence-corrected chi connectivity index (χ1v) is 10.2. The van der Waals surface area contributed by atoms with Crippen LogP contribution in [0.15, 0.2) is 35.2 Å². The summed E-state index contributed by atoms with van der Waals surface area (Å²) in [5.74, 6) is 0. The summed E-state index contributed by atoms with van der Waals surface area (Å²) in [6.45, 7) is 5.96. The SMILES string of the molecule is COC([Si](C)(C)C)S(=O)(=O)c1ccccc1. The normalized spacial score (nSPS) is 14.8. The van der Waals surface area contributed by atoms with Crippen LogP contribution in [0.5, 0.6) is 0 Å². The summed E-state index contributed by atoms with van der Waals surface area (Å²) < 4.78 is 29.8. The van der Waals surface area contributed by atoms with Crippen molar-refractivity contribution in [1.82, 2.24) is 0 Å². The second kappa shape index (κ2) is 4.69. The van der Waals surface area contributed by atoms with Gasteiger partial charge in [0.05, 0.1) is 13.0 Å². The van der Waals surface area contributed by atoms with E-state index in [0.29, 0.717) is 4.90 Å². The highest BCUT2D eigenvalue weighted by Crippen LogP contribution is 2.23. The molecule has 0 saturated heterocycles. The van der Waals surface area contributed by atoms with Crippen LogP contribution in [0, 0.1) is 0 Å². The van der Waals surface area contributed by atoms with Gasteiger partial charge in [-0.3, -0.25) is 0 Å². The molecule has 0 fully saturated rings. The molecule has 0 heterocycles. The lowest BCUT2D eigenvalue weighted by Crippen LogP contribution is -2.45. The maximum Gasteiger partial charge on any atom is 0.201 e. The molecule has 0 saturated carbocycles. The smallest absolute Gasteiger partial charge is 0.201 e. The number of benzene rings is 1. The lowest BCUT2D eigenvalue weighted by atomic mass is 10.4. The average molecular weight is 258 g/mol. The largest absolute Gasteiger partial charge is 0.369 e. The van der Waals surface area contributed by atoms with E-state index in [4.69, 9.17) is 4.74 Å². The molecular weight excluding hydrogens is 240 g/mol. The van der Waals surface area contributed by atoms with Gasteiger partial charge in [0.15, 0.2) is 0 Å². The molecule has 0 spiro atoms. The van der Waals surface area contributed by atoms with E-state index in [1.54, 1.807) is 30.3 Å². The third kappa shape index (κ3) is 2.72. The minimum absolute atomic E-state index is 0.337. The molecule has 0 bridgehead atoms. The molecule has 1 rings (SSSR count). The Bertz CT molecular complexity index is 434. The molecule has 0 amide bonds. The zero-order valence-electron chi connectivity index (χ0n) is 10.1. The quantitative estimate of drug-likeness (QED) is 0.778. The summed E-state index contributed by atoms with van der Waals surface area (Å²) in [5.41, 5.74) is 0. The Hall–Kier alpha value is -0.653. The Labute approximate surface area is 98.4 Å². The first-order valence-electron chi connectivity index (χ1n) is 5.12. The summed E-state index contributed by atoms with van der Waals surface area (Å²) in [6.07, 6.45) is 0. The topological polar surface area (TPSA) is 43.4 Å². The van der Waals surface area contributed by atoms with E-state index in [0.717, 1.165) is 0 Å². The van der Waals surface area contributed by atoms with Gasteiger partial charge in [0, 0.05) is 7.11 Å². The molecule has 0 radical (unpaired) electrons. The third-order valence-electron chi connectivity index (χ3n) is 2.27. The van der Waals surface area contributed by atoms with Gasteiger partial charge in [-0.1, -0.05) is 37.8 Å². The van der Waals surface area contributed by atoms with Crippen molar-refractivity contribution in [3.63, 3.8) is 0 Å². The van der Waals surface area contributed by atoms with Gasteiger partial charge >= 0.3 is 0 Å². The lowest BCUT2D eigenvalue weighted by Gasteiger charge is -2.27. The average Bonchev–Trinajstić information content (AvgIpc) is 2.17. The highest BCUT2D eigenvalue weighted by atomic mass is 32.2. The Kier molecular flexibility index (Phi) is 3.93. The fourth-order valence-corrected chi connectivity index (χ4v) is 7.56. The monoisotopic (exact) mass is 258 g/mol. The van der Waals surface area contributed by atoms with E-state index >= 15 is 0 Å². The molecule has 1 atom stereocenters. The fourth-order valence-electron chi connectivity index (χ4n) is 1.68. The number of hydrogen-bond donors (Lipinski definition) is 0. The third-order valence-corrected chi connectivity index (χ3v) is 8.66. The van der Waals surface area contributed by atoms with Gasteiger partial charge in [-0.05, 0) is 12.1 Å². The fraction of sp³-hybridized carbons (Fsp3) is 0.455. The highest BCUT2D eigenvalue weighted by Gasteiger charge is 2.38. The zero-order chi connectivity index (χ0) is 12.4. The first-order chi connectivity index (χ1) is 7.30. The molecular formula is C11H18O3SSi. The molecule has 3 nitrogen and oxygen atoms in total. The predicted molar refractivity (Wildman–Crippen MR) is 67.8 cm³/mol. The van der Waals surface area contributed by atoms with Crippen molar-refractivity contribution >= 4 is 17.9 Å². The number of hydrogen-bond acceptors (Lipinski definition) is 3. The lowest BCUT2D eigenvalue weighted by molar-refractivity contribution is 0.212. The maximum atomic E-state index is 12.3. The Morgan fingerprint density at radius 1 is 1.12 bits per heavy atom. The van der Waals surface area contributed by atoms with Gasteiger partial charge in [0.25, 0.3) is 0 Å². The van der Waals surface area contributed by atoms with Crippen LogP contribution in [0.2, 0.25) is 19.6 Å². The molecule has 0 aliphatic rings. The van der Waals surface area contributed by atoms with Crippen LogP contribution in [0.4, 0.5) is 0 Å². The van der Waals surface area contributed by atoms with E-state index < -0.39 is 23.0 Å². The number of methoxy groups -OCH3 is 1. The van der Waals surface area contributed by atoms with Crippen molar-refractivity contribution in [3.8, 4) is 0 Å². The van der Waals surface area contributed by atoms with E-state index in [2.05, 4.69) is 0 Å². The van der Waals surface area contributed by atoms with Crippen molar-refractivity contribution in [3.05, 3.63) is 30.3 Å². The molecule has 1 unspecified atom stereocenters. The number of ether oxygens (including phenoxy) is 1. The first kappa shape index (κ1) is 13.4. The van der Waals surface area contributed by atoms with Crippen molar-refractivity contribution < 1.29 is 13.2 Å². The summed E-state index contributed by atoms with van der Waals surface area (Å²) >= 11 is 0. The molecule has 1 aromatic carbocycles. The molecule has 0 aliphatic carbocycles. The van der Waals surface area contributed by atoms with Crippen LogP contribution < -0.4 is 0 Å². The second-order valence-electron chi connectivity index (χ2n) is 4.79. The second-order valence-corrected chi connectivity index (χ2v) is 12.5. The molecule has 1 aromatic rings. The summed E-state index contributed by atoms with van der Waals surface area (Å²) in [6, 6.07) is 8.48. The van der Waals surface area contributed by atoms with Crippen LogP contribution in [0.3, 0.4) is 0 Å². The van der Waals surface area contributed by atoms with Crippen LogP contribution in [-0.2, 0) is 14.6 Å². The van der Waals surface area contributed by atoms with Crippen LogP contribution in [0.25, 0.3) is 0 Å². The van der Waals surface area contributed by atoms with Gasteiger partial charge in [-0.2, -0.15) is 0 Å². The molecule has 90 valence electrons. The summed E-state index contributed by atoms with van der Waals surface area (Å²) in [5, 5.41) is -0.692. The molecule has 0 aliphatic heterocycles. The van der Waals surface area contributed by atoms with Gasteiger partial charge in [-0.25, -0.2) is 8.42 Å². The van der Waals surface area contributed by atoms with E-state index in [-0.39, 0.29) is 0 Å². The van der Waals surface area contributed by atoms with Gasteiger partial charge in [-0.15, -0.1) is 0 Å². The van der Waals surface area contributed by atoms with Crippen molar-refractivity contribution in [1.29, 1.82) is 0 Å². The van der Waals surface area contributed by atoms with E-state index in [1.165, 1.54) is 7.11 Å². The molecule has 0 N–H and O–H groups in total. The standard InChI is InChI=1S/C11H18O3SSi/c1-14-11(16(2,3)4)15(12,13)10-8-6-5-7-9-10/h5-9,11H,1-4H3. The van der Waals surface area contributed by atoms with Gasteiger partial charge in [0.1, 0.15) is 5.06 Å². The zero-order valence-corrected chi connectivity index (χ0v) is 11.9.